The number of aromatic nitrogens is 1. The van der Waals surface area contributed by atoms with Crippen molar-refractivity contribution in [2.45, 2.75) is 5.33 Å². The Kier molecular flexibility index (Phi) is 3.47. The number of rotatable bonds is 3. The molecule has 19 heavy (non-hydrogen) atoms. The number of halogens is 1. The Morgan fingerprint density at radius 2 is 1.84 bits per heavy atom. The largest absolute Gasteiger partial charge is 0.438 e. The molecule has 0 saturated heterocycles. The van der Waals surface area contributed by atoms with E-state index < -0.39 is 0 Å². The summed E-state index contributed by atoms with van der Waals surface area (Å²) in [5.41, 5.74) is 1.24. The zero-order chi connectivity index (χ0) is 13.1. The van der Waals surface area contributed by atoms with E-state index in [0.29, 0.717) is 5.88 Å². The van der Waals surface area contributed by atoms with Gasteiger partial charge in [-0.3, -0.25) is 0 Å². The average molecular weight is 314 g/mol. The second kappa shape index (κ2) is 5.41. The number of pyridine rings is 1. The van der Waals surface area contributed by atoms with Gasteiger partial charge in [-0.15, -0.1) is 0 Å². The minimum absolute atomic E-state index is 0.643. The van der Waals surface area contributed by atoms with Crippen molar-refractivity contribution in [2.75, 3.05) is 0 Å². The Labute approximate surface area is 120 Å². The second-order valence-electron chi connectivity index (χ2n) is 4.22. The van der Waals surface area contributed by atoms with Gasteiger partial charge < -0.3 is 4.74 Å². The number of alkyl halides is 1. The number of hydrogen-bond acceptors (Lipinski definition) is 2. The van der Waals surface area contributed by atoms with Crippen molar-refractivity contribution in [1.29, 1.82) is 0 Å². The highest BCUT2D eigenvalue weighted by molar-refractivity contribution is 9.08. The molecule has 1 heterocycles. The fraction of sp³-hybridized carbons (Fsp3) is 0.0625. The second-order valence-corrected chi connectivity index (χ2v) is 4.78. The molecule has 3 heteroatoms. The van der Waals surface area contributed by atoms with Gasteiger partial charge in [0, 0.05) is 16.9 Å². The molecule has 0 aliphatic carbocycles. The van der Waals surface area contributed by atoms with E-state index >= 15 is 0 Å². The number of benzene rings is 2. The maximum Gasteiger partial charge on any atom is 0.227 e. The fourth-order valence-corrected chi connectivity index (χ4v) is 2.31. The summed E-state index contributed by atoms with van der Waals surface area (Å²) >= 11 is 3.47. The number of fused-ring (bicyclic) bond motifs is 1. The van der Waals surface area contributed by atoms with Gasteiger partial charge in [-0.1, -0.05) is 46.3 Å². The van der Waals surface area contributed by atoms with Crippen LogP contribution in [0.5, 0.6) is 11.6 Å². The Balaban J connectivity index is 2.04. The molecular weight excluding hydrogens is 302 g/mol. The summed E-state index contributed by atoms with van der Waals surface area (Å²) in [6, 6.07) is 18.0. The first-order valence-corrected chi connectivity index (χ1v) is 7.15. The van der Waals surface area contributed by atoms with Crippen molar-refractivity contribution in [3.63, 3.8) is 0 Å². The molecule has 0 N–H and O–H groups in total. The van der Waals surface area contributed by atoms with E-state index in [1.54, 1.807) is 6.20 Å². The molecule has 0 saturated carbocycles. The lowest BCUT2D eigenvalue weighted by Gasteiger charge is -2.08. The predicted molar refractivity (Wildman–Crippen MR) is 80.9 cm³/mol. The first-order chi connectivity index (χ1) is 9.36. The smallest absolute Gasteiger partial charge is 0.227 e. The highest BCUT2D eigenvalue weighted by atomic mass is 79.9. The highest BCUT2D eigenvalue weighted by Gasteiger charge is 2.05. The molecular formula is C16H12BrNO. The topological polar surface area (TPSA) is 22.1 Å². The van der Waals surface area contributed by atoms with Crippen LogP contribution >= 0.6 is 15.9 Å². The van der Waals surface area contributed by atoms with Gasteiger partial charge in [0.05, 0.1) is 0 Å². The highest BCUT2D eigenvalue weighted by Crippen LogP contribution is 2.28. The zero-order valence-corrected chi connectivity index (χ0v) is 11.8. The van der Waals surface area contributed by atoms with Gasteiger partial charge in [-0.05, 0) is 35.2 Å². The van der Waals surface area contributed by atoms with Crippen molar-refractivity contribution in [1.82, 2.24) is 4.98 Å². The molecule has 0 radical (unpaired) electrons. The minimum atomic E-state index is 0.643. The molecule has 1 aromatic heterocycles. The van der Waals surface area contributed by atoms with Crippen LogP contribution in [0.2, 0.25) is 0 Å². The lowest BCUT2D eigenvalue weighted by atomic mass is 10.1. The molecule has 0 bridgehead atoms. The molecule has 2 aromatic carbocycles. The van der Waals surface area contributed by atoms with Gasteiger partial charge in [0.25, 0.3) is 0 Å². The quantitative estimate of drug-likeness (QED) is 0.640. The molecule has 0 unspecified atom stereocenters. The van der Waals surface area contributed by atoms with Gasteiger partial charge >= 0.3 is 0 Å². The molecule has 0 aliphatic rings. The van der Waals surface area contributed by atoms with Gasteiger partial charge in [0.2, 0.25) is 5.88 Å². The average Bonchev–Trinajstić information content (AvgIpc) is 2.48. The summed E-state index contributed by atoms with van der Waals surface area (Å²) in [5.74, 6) is 1.44. The van der Waals surface area contributed by atoms with E-state index in [-0.39, 0.29) is 0 Å². The van der Waals surface area contributed by atoms with E-state index in [4.69, 9.17) is 4.74 Å². The van der Waals surface area contributed by atoms with E-state index in [0.717, 1.165) is 21.9 Å². The first-order valence-electron chi connectivity index (χ1n) is 6.03. The summed E-state index contributed by atoms with van der Waals surface area (Å²) in [6.45, 7) is 0. The van der Waals surface area contributed by atoms with Crippen LogP contribution in [0.3, 0.4) is 0 Å². The third-order valence-electron chi connectivity index (χ3n) is 2.90. The minimum Gasteiger partial charge on any atom is -0.438 e. The van der Waals surface area contributed by atoms with Crippen molar-refractivity contribution < 1.29 is 4.74 Å². The van der Waals surface area contributed by atoms with E-state index in [9.17, 15) is 0 Å². The van der Waals surface area contributed by atoms with E-state index in [1.807, 2.05) is 36.4 Å². The molecule has 2 nitrogen and oxygen atoms in total. The molecule has 0 fully saturated rings. The van der Waals surface area contributed by atoms with Crippen molar-refractivity contribution in [3.8, 4) is 11.6 Å². The lowest BCUT2D eigenvalue weighted by molar-refractivity contribution is 0.469. The molecule has 3 aromatic rings. The Bertz CT molecular complexity index is 697. The van der Waals surface area contributed by atoms with E-state index in [2.05, 4.69) is 39.1 Å². The van der Waals surface area contributed by atoms with Crippen LogP contribution in [0.4, 0.5) is 0 Å². The molecule has 0 atom stereocenters. The van der Waals surface area contributed by atoms with Gasteiger partial charge in [-0.25, -0.2) is 4.98 Å². The predicted octanol–water partition coefficient (Wildman–Crippen LogP) is 4.92. The van der Waals surface area contributed by atoms with Crippen LogP contribution in [0.15, 0.2) is 60.8 Å². The number of hydrogen-bond donors (Lipinski definition) is 0. The van der Waals surface area contributed by atoms with Gasteiger partial charge in [0.1, 0.15) is 5.75 Å². The summed E-state index contributed by atoms with van der Waals surface area (Å²) in [4.78, 5) is 4.32. The van der Waals surface area contributed by atoms with Crippen LogP contribution in [0.25, 0.3) is 10.8 Å². The maximum atomic E-state index is 5.84. The van der Waals surface area contributed by atoms with Crippen LogP contribution in [-0.4, -0.2) is 4.98 Å². The van der Waals surface area contributed by atoms with Gasteiger partial charge in [-0.2, -0.15) is 0 Å². The van der Waals surface area contributed by atoms with Crippen LogP contribution in [-0.2, 0) is 5.33 Å². The number of ether oxygens (including phenoxy) is 1. The SMILES string of the molecule is BrCc1ccc2c(Oc3ccccc3)nccc2c1. The lowest BCUT2D eigenvalue weighted by Crippen LogP contribution is -1.89. The Morgan fingerprint density at radius 1 is 1.00 bits per heavy atom. The van der Waals surface area contributed by atoms with Crippen LogP contribution in [0, 0.1) is 0 Å². The first kappa shape index (κ1) is 12.2. The Hall–Kier alpha value is -1.87. The monoisotopic (exact) mass is 313 g/mol. The van der Waals surface area contributed by atoms with Crippen molar-refractivity contribution in [2.24, 2.45) is 0 Å². The molecule has 94 valence electrons. The fourth-order valence-electron chi connectivity index (χ4n) is 1.96. The number of nitrogens with zero attached hydrogens (tertiary/aromatic N) is 1. The number of para-hydroxylation sites is 1. The molecule has 0 spiro atoms. The van der Waals surface area contributed by atoms with Crippen LogP contribution < -0.4 is 4.74 Å². The molecule has 0 amide bonds. The summed E-state index contributed by atoms with van der Waals surface area (Å²) < 4.78 is 5.84. The third kappa shape index (κ3) is 2.61. The third-order valence-corrected chi connectivity index (χ3v) is 3.55. The molecule has 3 rings (SSSR count). The maximum absolute atomic E-state index is 5.84. The Morgan fingerprint density at radius 3 is 2.63 bits per heavy atom. The summed E-state index contributed by atoms with van der Waals surface area (Å²) in [7, 11) is 0. The molecule has 0 aliphatic heterocycles. The van der Waals surface area contributed by atoms with Gasteiger partial charge in [0.15, 0.2) is 0 Å². The van der Waals surface area contributed by atoms with E-state index in [1.165, 1.54) is 5.56 Å². The zero-order valence-electron chi connectivity index (χ0n) is 10.2. The summed E-state index contributed by atoms with van der Waals surface area (Å²) in [5, 5.41) is 3.01. The van der Waals surface area contributed by atoms with Crippen molar-refractivity contribution >= 4 is 26.7 Å². The standard InChI is InChI=1S/C16H12BrNO/c17-11-12-6-7-15-13(10-12)8-9-18-16(15)19-14-4-2-1-3-5-14/h1-10H,11H2. The van der Waals surface area contributed by atoms with Crippen LogP contribution in [0.1, 0.15) is 5.56 Å². The normalized spacial score (nSPS) is 10.6. The van der Waals surface area contributed by atoms with Crippen molar-refractivity contribution in [3.05, 3.63) is 66.4 Å². The summed E-state index contributed by atoms with van der Waals surface area (Å²) in [6.07, 6.45) is 1.78.